The van der Waals surface area contributed by atoms with Gasteiger partial charge in [0.05, 0.1) is 0 Å². The Morgan fingerprint density at radius 1 is 1.29 bits per heavy atom. The average Bonchev–Trinajstić information content (AvgIpc) is 2.47. The molecule has 3 heteroatoms. The SMILES string of the molecule is CC1CCCc2nnc(C(C)(C)C)n21. The van der Waals surface area contributed by atoms with Crippen molar-refractivity contribution in [3.8, 4) is 0 Å². The van der Waals surface area contributed by atoms with E-state index in [-0.39, 0.29) is 5.41 Å². The zero-order valence-electron chi connectivity index (χ0n) is 9.54. The summed E-state index contributed by atoms with van der Waals surface area (Å²) in [5.41, 5.74) is 0.108. The van der Waals surface area contributed by atoms with Gasteiger partial charge in [-0.25, -0.2) is 0 Å². The van der Waals surface area contributed by atoms with Gasteiger partial charge in [0.25, 0.3) is 0 Å². The lowest BCUT2D eigenvalue weighted by Crippen LogP contribution is -2.24. The van der Waals surface area contributed by atoms with Crippen LogP contribution < -0.4 is 0 Å². The first-order valence-corrected chi connectivity index (χ1v) is 5.44. The fourth-order valence-electron chi connectivity index (χ4n) is 2.15. The molecule has 0 bridgehead atoms. The fourth-order valence-corrected chi connectivity index (χ4v) is 2.15. The number of hydrogen-bond donors (Lipinski definition) is 0. The van der Waals surface area contributed by atoms with E-state index in [0.717, 1.165) is 12.2 Å². The maximum absolute atomic E-state index is 4.33. The van der Waals surface area contributed by atoms with Gasteiger partial charge in [-0.2, -0.15) is 0 Å². The summed E-state index contributed by atoms with van der Waals surface area (Å²) in [6.45, 7) is 8.87. The van der Waals surface area contributed by atoms with E-state index in [1.54, 1.807) is 0 Å². The molecule has 0 saturated heterocycles. The summed E-state index contributed by atoms with van der Waals surface area (Å²) in [5, 5.41) is 8.62. The number of aryl methyl sites for hydroxylation is 1. The van der Waals surface area contributed by atoms with Gasteiger partial charge in [-0.15, -0.1) is 10.2 Å². The Bertz CT molecular complexity index is 333. The minimum atomic E-state index is 0.108. The zero-order valence-corrected chi connectivity index (χ0v) is 9.54. The summed E-state index contributed by atoms with van der Waals surface area (Å²) < 4.78 is 2.34. The van der Waals surface area contributed by atoms with Gasteiger partial charge in [0.2, 0.25) is 0 Å². The smallest absolute Gasteiger partial charge is 0.138 e. The molecule has 0 radical (unpaired) electrons. The molecule has 1 aromatic rings. The van der Waals surface area contributed by atoms with E-state index < -0.39 is 0 Å². The van der Waals surface area contributed by atoms with Crippen molar-refractivity contribution in [2.45, 2.75) is 58.4 Å². The summed E-state index contributed by atoms with van der Waals surface area (Å²) in [7, 11) is 0. The van der Waals surface area contributed by atoms with Gasteiger partial charge in [-0.3, -0.25) is 0 Å². The highest BCUT2D eigenvalue weighted by Gasteiger charge is 2.28. The molecule has 1 aliphatic heterocycles. The molecule has 0 N–H and O–H groups in total. The van der Waals surface area contributed by atoms with Gasteiger partial charge in [-0.1, -0.05) is 20.8 Å². The molecule has 0 spiro atoms. The molecule has 0 fully saturated rings. The molecular formula is C11H19N3. The molecule has 1 unspecified atom stereocenters. The molecule has 0 aromatic carbocycles. The Morgan fingerprint density at radius 2 is 2.00 bits per heavy atom. The van der Waals surface area contributed by atoms with Crippen LogP contribution in [0.15, 0.2) is 0 Å². The maximum Gasteiger partial charge on any atom is 0.138 e. The van der Waals surface area contributed by atoms with Crippen LogP contribution in [0, 0.1) is 0 Å². The normalized spacial score (nSPS) is 22.1. The molecule has 78 valence electrons. The molecule has 0 amide bonds. The summed E-state index contributed by atoms with van der Waals surface area (Å²) in [5.74, 6) is 2.31. The van der Waals surface area contributed by atoms with Gasteiger partial charge in [0.1, 0.15) is 11.6 Å². The van der Waals surface area contributed by atoms with E-state index in [1.807, 2.05) is 0 Å². The van der Waals surface area contributed by atoms with Crippen LogP contribution in [-0.2, 0) is 11.8 Å². The molecule has 14 heavy (non-hydrogen) atoms. The highest BCUT2D eigenvalue weighted by Crippen LogP contribution is 2.30. The Balaban J connectivity index is 2.49. The number of hydrogen-bond acceptors (Lipinski definition) is 2. The van der Waals surface area contributed by atoms with Crippen LogP contribution in [0.5, 0.6) is 0 Å². The van der Waals surface area contributed by atoms with E-state index in [2.05, 4.69) is 42.5 Å². The predicted octanol–water partition coefficient (Wildman–Crippen LogP) is 2.47. The largest absolute Gasteiger partial charge is 0.312 e. The third-order valence-corrected chi connectivity index (χ3v) is 2.90. The first kappa shape index (κ1) is 9.69. The third-order valence-electron chi connectivity index (χ3n) is 2.90. The minimum absolute atomic E-state index is 0.108. The summed E-state index contributed by atoms with van der Waals surface area (Å²) in [6, 6.07) is 0.572. The van der Waals surface area contributed by atoms with Gasteiger partial charge in [0, 0.05) is 17.9 Å². The van der Waals surface area contributed by atoms with Crippen molar-refractivity contribution in [1.29, 1.82) is 0 Å². The van der Waals surface area contributed by atoms with Crippen molar-refractivity contribution in [3.63, 3.8) is 0 Å². The lowest BCUT2D eigenvalue weighted by Gasteiger charge is -2.27. The molecule has 0 saturated carbocycles. The lowest BCUT2D eigenvalue weighted by molar-refractivity contribution is 0.385. The van der Waals surface area contributed by atoms with Crippen molar-refractivity contribution >= 4 is 0 Å². The first-order chi connectivity index (χ1) is 6.50. The van der Waals surface area contributed by atoms with Crippen LogP contribution in [0.3, 0.4) is 0 Å². The van der Waals surface area contributed by atoms with E-state index in [9.17, 15) is 0 Å². The number of nitrogens with zero attached hydrogens (tertiary/aromatic N) is 3. The van der Waals surface area contributed by atoms with Crippen molar-refractivity contribution in [2.24, 2.45) is 0 Å². The summed E-state index contributed by atoms with van der Waals surface area (Å²) in [4.78, 5) is 0. The Labute approximate surface area is 85.5 Å². The average molecular weight is 193 g/mol. The summed E-state index contributed by atoms with van der Waals surface area (Å²) >= 11 is 0. The first-order valence-electron chi connectivity index (χ1n) is 5.44. The van der Waals surface area contributed by atoms with Crippen molar-refractivity contribution < 1.29 is 0 Å². The van der Waals surface area contributed by atoms with Gasteiger partial charge in [-0.05, 0) is 19.8 Å². The van der Waals surface area contributed by atoms with Gasteiger partial charge in [0.15, 0.2) is 0 Å². The predicted molar refractivity (Wildman–Crippen MR) is 56.4 cm³/mol. The van der Waals surface area contributed by atoms with Crippen molar-refractivity contribution in [1.82, 2.24) is 14.8 Å². The van der Waals surface area contributed by atoms with Crippen LogP contribution in [0.1, 0.15) is 58.2 Å². The number of fused-ring (bicyclic) bond motifs is 1. The van der Waals surface area contributed by atoms with Gasteiger partial charge < -0.3 is 4.57 Å². The number of aromatic nitrogens is 3. The molecule has 1 atom stereocenters. The number of rotatable bonds is 0. The third kappa shape index (κ3) is 1.45. The fraction of sp³-hybridized carbons (Fsp3) is 0.818. The second kappa shape index (κ2) is 3.07. The molecule has 2 heterocycles. The Hall–Kier alpha value is -0.860. The lowest BCUT2D eigenvalue weighted by atomic mass is 9.94. The molecular weight excluding hydrogens is 174 g/mol. The van der Waals surface area contributed by atoms with Crippen molar-refractivity contribution in [3.05, 3.63) is 11.6 Å². The van der Waals surface area contributed by atoms with Gasteiger partial charge >= 0.3 is 0 Å². The molecule has 0 aliphatic carbocycles. The van der Waals surface area contributed by atoms with Crippen LogP contribution >= 0.6 is 0 Å². The van der Waals surface area contributed by atoms with E-state index in [4.69, 9.17) is 0 Å². The van der Waals surface area contributed by atoms with E-state index in [1.165, 1.54) is 18.7 Å². The monoisotopic (exact) mass is 193 g/mol. The van der Waals surface area contributed by atoms with E-state index in [0.29, 0.717) is 6.04 Å². The molecule has 3 nitrogen and oxygen atoms in total. The molecule has 2 rings (SSSR count). The maximum atomic E-state index is 4.33. The standard InChI is InChI=1S/C11H19N3/c1-8-6-5-7-9-12-13-10(14(8)9)11(2,3)4/h8H,5-7H2,1-4H3. The quantitative estimate of drug-likeness (QED) is 0.633. The highest BCUT2D eigenvalue weighted by molar-refractivity contribution is 5.09. The Morgan fingerprint density at radius 3 is 2.64 bits per heavy atom. The van der Waals surface area contributed by atoms with Crippen molar-refractivity contribution in [2.75, 3.05) is 0 Å². The van der Waals surface area contributed by atoms with Crippen LogP contribution in [0.4, 0.5) is 0 Å². The van der Waals surface area contributed by atoms with Crippen LogP contribution in [0.2, 0.25) is 0 Å². The minimum Gasteiger partial charge on any atom is -0.312 e. The van der Waals surface area contributed by atoms with E-state index >= 15 is 0 Å². The second-order valence-electron chi connectivity index (χ2n) is 5.30. The second-order valence-corrected chi connectivity index (χ2v) is 5.30. The molecule has 1 aromatic heterocycles. The Kier molecular flexibility index (Phi) is 2.13. The molecule has 1 aliphatic rings. The summed E-state index contributed by atoms with van der Waals surface area (Å²) in [6.07, 6.45) is 3.60. The zero-order chi connectivity index (χ0) is 10.3. The van der Waals surface area contributed by atoms with Crippen LogP contribution in [0.25, 0.3) is 0 Å². The topological polar surface area (TPSA) is 30.7 Å². The highest BCUT2D eigenvalue weighted by atomic mass is 15.3. The van der Waals surface area contributed by atoms with Crippen LogP contribution in [-0.4, -0.2) is 14.8 Å².